The van der Waals surface area contributed by atoms with Gasteiger partial charge in [0, 0.05) is 34.1 Å². The molecule has 1 aliphatic heterocycles. The lowest BCUT2D eigenvalue weighted by atomic mass is 9.86. The van der Waals surface area contributed by atoms with Crippen LogP contribution in [0.3, 0.4) is 0 Å². The van der Waals surface area contributed by atoms with Crippen LogP contribution in [0, 0.1) is 0 Å². The average Bonchev–Trinajstić information content (AvgIpc) is 3.47. The van der Waals surface area contributed by atoms with Gasteiger partial charge < -0.3 is 4.74 Å². The first-order valence-electron chi connectivity index (χ1n) is 13.3. The molecule has 194 valence electrons. The topological polar surface area (TPSA) is 58.9 Å². The van der Waals surface area contributed by atoms with Crippen LogP contribution in [0.5, 0.6) is 11.5 Å². The summed E-state index contributed by atoms with van der Waals surface area (Å²) < 4.78 is 12.6. The lowest BCUT2D eigenvalue weighted by molar-refractivity contribution is -0.398. The van der Waals surface area contributed by atoms with E-state index in [-0.39, 0.29) is 5.41 Å². The van der Waals surface area contributed by atoms with Crippen molar-refractivity contribution in [2.45, 2.75) is 26.2 Å². The smallest absolute Gasteiger partial charge is 0.457 e. The maximum Gasteiger partial charge on any atom is 0.474 e. The first-order valence-corrected chi connectivity index (χ1v) is 13.3. The Balaban J connectivity index is 1.37. The van der Waals surface area contributed by atoms with Gasteiger partial charge in [-0.3, -0.25) is 4.57 Å². The number of hydrogen-bond acceptors (Lipinski definition) is 4. The lowest BCUT2D eigenvalue weighted by Gasteiger charge is -2.20. The van der Waals surface area contributed by atoms with E-state index < -0.39 is 0 Å². The molecule has 7 rings (SSSR count). The first kappa shape index (κ1) is 23.9. The Labute approximate surface area is 232 Å². The maximum atomic E-state index is 6.59. The molecule has 0 bridgehead atoms. The van der Waals surface area contributed by atoms with Gasteiger partial charge >= 0.3 is 17.6 Å². The second-order valence-corrected chi connectivity index (χ2v) is 11.0. The van der Waals surface area contributed by atoms with Crippen molar-refractivity contribution >= 4 is 45.1 Å². The summed E-state index contributed by atoms with van der Waals surface area (Å²) in [5.41, 5.74) is 4.11. The quantitative estimate of drug-likeness (QED) is 0.226. The van der Waals surface area contributed by atoms with E-state index >= 15 is 0 Å². The molecular weight excluding hydrogens is 496 g/mol. The molecule has 0 radical (unpaired) electrons. The summed E-state index contributed by atoms with van der Waals surface area (Å²) in [6.45, 7) is 6.60. The van der Waals surface area contributed by atoms with Crippen LogP contribution in [0.2, 0.25) is 0 Å². The number of aromatic nitrogens is 4. The number of ether oxygens (including phenoxy) is 1. The Hall–Kier alpha value is -5.13. The van der Waals surface area contributed by atoms with E-state index in [0.717, 1.165) is 56.6 Å². The number of para-hydroxylation sites is 1. The molecule has 1 aliphatic rings. The monoisotopic (exact) mass is 524 g/mol. The van der Waals surface area contributed by atoms with Crippen molar-refractivity contribution in [1.82, 2.24) is 24.1 Å². The highest BCUT2D eigenvalue weighted by Gasteiger charge is 2.35. The van der Waals surface area contributed by atoms with Crippen LogP contribution in [-0.2, 0) is 5.41 Å². The molecule has 0 unspecified atom stereocenters. The number of benzene rings is 3. The number of hydrogen-bond donors (Lipinski definition) is 0. The average molecular weight is 525 g/mol. The van der Waals surface area contributed by atoms with E-state index in [4.69, 9.17) is 4.74 Å². The third kappa shape index (κ3) is 3.96. The SMILES string of the molecule is C[N+]1=C=[N+](c2cc(Oc3ccc4c5ccccc5n(-c5ccccn5)c4c3)cc(C(C)(C)C)c2)c2nccnc21. The molecule has 0 saturated carbocycles. The standard InChI is InChI=1S/C33H28N6O/c1-33(2,3)22-17-23(38-21-37(4)31-32(38)36-16-15-35-31)19-25(18-22)40-24-12-13-27-26-9-5-6-10-28(26)39(29(27)20-24)30-11-7-8-14-34-30/h5-20H,1-4H3/q+2. The van der Waals surface area contributed by atoms with Gasteiger partial charge in [-0.25, -0.2) is 4.98 Å². The number of nitrogens with zero attached hydrogens (tertiary/aromatic N) is 6. The fourth-order valence-electron chi connectivity index (χ4n) is 5.23. The van der Waals surface area contributed by atoms with E-state index in [1.807, 2.05) is 52.7 Å². The molecule has 0 atom stereocenters. The Kier molecular flexibility index (Phi) is 5.37. The summed E-state index contributed by atoms with van der Waals surface area (Å²) in [7, 11) is 1.93. The zero-order chi connectivity index (χ0) is 27.4. The molecule has 40 heavy (non-hydrogen) atoms. The van der Waals surface area contributed by atoms with E-state index in [2.05, 4.69) is 94.8 Å². The number of fused-ring (bicyclic) bond motifs is 4. The molecule has 0 amide bonds. The van der Waals surface area contributed by atoms with Gasteiger partial charge in [0.2, 0.25) is 0 Å². The minimum atomic E-state index is -0.0969. The second-order valence-electron chi connectivity index (χ2n) is 11.0. The highest BCUT2D eigenvalue weighted by Crippen LogP contribution is 2.38. The number of pyridine rings is 1. The lowest BCUT2D eigenvalue weighted by Crippen LogP contribution is -2.12. The third-order valence-corrected chi connectivity index (χ3v) is 7.21. The van der Waals surface area contributed by atoms with Gasteiger partial charge in [0.05, 0.1) is 17.2 Å². The fraction of sp³-hybridized carbons (Fsp3) is 0.152. The molecule has 7 nitrogen and oxygen atoms in total. The van der Waals surface area contributed by atoms with Crippen molar-refractivity contribution in [1.29, 1.82) is 0 Å². The van der Waals surface area contributed by atoms with Crippen LogP contribution < -0.4 is 9.31 Å². The number of rotatable bonds is 4. The van der Waals surface area contributed by atoms with Crippen LogP contribution in [0.1, 0.15) is 26.3 Å². The Morgan fingerprint density at radius 2 is 1.50 bits per heavy atom. The molecule has 4 heterocycles. The summed E-state index contributed by atoms with van der Waals surface area (Å²) in [5, 5.41) is 2.33. The summed E-state index contributed by atoms with van der Waals surface area (Å²) in [4.78, 5) is 13.7. The van der Waals surface area contributed by atoms with Crippen LogP contribution in [-0.4, -0.2) is 37.2 Å². The molecule has 0 aliphatic carbocycles. The summed E-state index contributed by atoms with van der Waals surface area (Å²) in [5.74, 6) is 3.86. The molecule has 7 heteroatoms. The van der Waals surface area contributed by atoms with E-state index in [0.29, 0.717) is 0 Å². The molecule has 6 aromatic rings. The van der Waals surface area contributed by atoms with Gasteiger partial charge in [-0.15, -0.1) is 4.58 Å². The third-order valence-electron chi connectivity index (χ3n) is 7.21. The van der Waals surface area contributed by atoms with E-state index in [9.17, 15) is 0 Å². The van der Waals surface area contributed by atoms with E-state index in [1.165, 1.54) is 5.39 Å². The molecule has 0 N–H and O–H groups in total. The fourth-order valence-corrected chi connectivity index (χ4v) is 5.23. The van der Waals surface area contributed by atoms with Gasteiger partial charge in [-0.2, -0.15) is 4.98 Å². The summed E-state index contributed by atoms with van der Waals surface area (Å²) in [6, 6.07) is 30.3. The van der Waals surface area contributed by atoms with Crippen LogP contribution >= 0.6 is 0 Å². The molecule has 3 aromatic heterocycles. The van der Waals surface area contributed by atoms with Gasteiger partial charge in [0.25, 0.3) is 0 Å². The van der Waals surface area contributed by atoms with Gasteiger partial charge in [0.15, 0.2) is 11.9 Å². The Bertz CT molecular complexity index is 2010. The Morgan fingerprint density at radius 1 is 0.725 bits per heavy atom. The molecule has 0 spiro atoms. The van der Waals surface area contributed by atoms with Crippen molar-refractivity contribution in [2.24, 2.45) is 0 Å². The molecule has 3 aromatic carbocycles. The van der Waals surface area contributed by atoms with Crippen LogP contribution in [0.4, 0.5) is 17.3 Å². The van der Waals surface area contributed by atoms with Gasteiger partial charge in [-0.1, -0.05) is 49.6 Å². The largest absolute Gasteiger partial charge is 0.474 e. The zero-order valence-corrected chi connectivity index (χ0v) is 22.8. The zero-order valence-electron chi connectivity index (χ0n) is 22.8. The van der Waals surface area contributed by atoms with Crippen molar-refractivity contribution < 1.29 is 9.31 Å². The minimum Gasteiger partial charge on any atom is -0.457 e. The minimum absolute atomic E-state index is 0.0969. The highest BCUT2D eigenvalue weighted by atomic mass is 16.5. The summed E-state index contributed by atoms with van der Waals surface area (Å²) in [6.07, 6.45) is 5.22. The van der Waals surface area contributed by atoms with Crippen molar-refractivity contribution in [2.75, 3.05) is 7.05 Å². The molecular formula is C33H28N6O+2. The van der Waals surface area contributed by atoms with Gasteiger partial charge in [0.1, 0.15) is 24.4 Å². The van der Waals surface area contributed by atoms with Crippen LogP contribution in [0.15, 0.2) is 97.5 Å². The van der Waals surface area contributed by atoms with Gasteiger partial charge in [-0.05, 0) is 53.4 Å². The first-order chi connectivity index (χ1) is 19.4. The van der Waals surface area contributed by atoms with Crippen molar-refractivity contribution in [3.63, 3.8) is 0 Å². The van der Waals surface area contributed by atoms with Crippen LogP contribution in [0.25, 0.3) is 27.6 Å². The van der Waals surface area contributed by atoms with Crippen molar-refractivity contribution in [3.8, 4) is 17.3 Å². The van der Waals surface area contributed by atoms with Crippen molar-refractivity contribution in [3.05, 3.63) is 103 Å². The highest BCUT2D eigenvalue weighted by molar-refractivity contribution is 6.09. The molecule has 0 saturated heterocycles. The van der Waals surface area contributed by atoms with E-state index in [1.54, 1.807) is 12.4 Å². The second kappa shape index (κ2) is 8.97. The predicted molar refractivity (Wildman–Crippen MR) is 158 cm³/mol. The summed E-state index contributed by atoms with van der Waals surface area (Å²) >= 11 is 0. The maximum absolute atomic E-state index is 6.59. The normalized spacial score (nSPS) is 12.9. The molecule has 0 fully saturated rings. The Morgan fingerprint density at radius 3 is 2.30 bits per heavy atom. The predicted octanol–water partition coefficient (Wildman–Crippen LogP) is 7.35.